The van der Waals surface area contributed by atoms with E-state index in [1.165, 1.54) is 6.26 Å². The predicted molar refractivity (Wildman–Crippen MR) is 89.0 cm³/mol. The summed E-state index contributed by atoms with van der Waals surface area (Å²) < 4.78 is 5.14. The molecule has 0 radical (unpaired) electrons. The van der Waals surface area contributed by atoms with Crippen LogP contribution >= 0.6 is 0 Å². The third-order valence-corrected chi connectivity index (χ3v) is 3.69. The molecule has 2 aromatic rings. The zero-order valence-corrected chi connectivity index (χ0v) is 13.7. The van der Waals surface area contributed by atoms with Crippen LogP contribution in [-0.4, -0.2) is 17.2 Å². The quantitative estimate of drug-likeness (QED) is 0.759. The standard InChI is InChI=1S/C18H21N3O3/c1-12(9-16(22)17-7-4-8-24-17)20-18(23)21-13(2)15-6-3-5-14(10-15)11-19/h3-8,10,12-13,16,22H,9H2,1-2H3,(H2,20,21,23)/t12-,13+,16+/m1/s1. The van der Waals surface area contributed by atoms with E-state index in [4.69, 9.17) is 9.68 Å². The largest absolute Gasteiger partial charge is 0.467 e. The fourth-order valence-corrected chi connectivity index (χ4v) is 2.41. The van der Waals surface area contributed by atoms with Gasteiger partial charge in [-0.3, -0.25) is 0 Å². The first kappa shape index (κ1) is 17.6. The van der Waals surface area contributed by atoms with Crippen LogP contribution in [-0.2, 0) is 0 Å². The van der Waals surface area contributed by atoms with Crippen LogP contribution in [0.2, 0.25) is 0 Å². The van der Waals surface area contributed by atoms with Gasteiger partial charge in [0.25, 0.3) is 0 Å². The fraction of sp³-hybridized carbons (Fsp3) is 0.333. The fourth-order valence-electron chi connectivity index (χ4n) is 2.41. The van der Waals surface area contributed by atoms with Gasteiger partial charge >= 0.3 is 6.03 Å². The zero-order chi connectivity index (χ0) is 17.5. The average Bonchev–Trinajstić information content (AvgIpc) is 3.09. The van der Waals surface area contributed by atoms with E-state index < -0.39 is 6.10 Å². The lowest BCUT2D eigenvalue weighted by atomic mass is 10.1. The SMILES string of the molecule is C[C@H](C[C@H](O)c1ccco1)NC(=O)N[C@@H](C)c1cccc(C#N)c1. The molecule has 2 rings (SSSR count). The molecule has 2 amide bonds. The van der Waals surface area contributed by atoms with Crippen molar-refractivity contribution in [3.63, 3.8) is 0 Å². The molecule has 3 N–H and O–H groups in total. The van der Waals surface area contributed by atoms with Crippen LogP contribution in [0.1, 0.15) is 49.3 Å². The first-order valence-electron chi connectivity index (χ1n) is 7.78. The van der Waals surface area contributed by atoms with Gasteiger partial charge in [-0.05, 0) is 43.7 Å². The van der Waals surface area contributed by atoms with E-state index in [9.17, 15) is 9.90 Å². The molecular formula is C18H21N3O3. The maximum atomic E-state index is 12.1. The Labute approximate surface area is 141 Å². The molecule has 6 nitrogen and oxygen atoms in total. The first-order valence-corrected chi connectivity index (χ1v) is 7.78. The molecule has 1 aromatic carbocycles. The molecule has 0 spiro atoms. The molecule has 0 bridgehead atoms. The second kappa shape index (κ2) is 8.18. The summed E-state index contributed by atoms with van der Waals surface area (Å²) >= 11 is 0. The number of nitrogens with one attached hydrogen (secondary N) is 2. The van der Waals surface area contributed by atoms with Crippen LogP contribution in [0.3, 0.4) is 0 Å². The lowest BCUT2D eigenvalue weighted by Gasteiger charge is -2.20. The predicted octanol–water partition coefficient (Wildman–Crippen LogP) is 3.02. The summed E-state index contributed by atoms with van der Waals surface area (Å²) in [5.41, 5.74) is 1.41. The summed E-state index contributed by atoms with van der Waals surface area (Å²) in [5, 5.41) is 24.5. The highest BCUT2D eigenvalue weighted by Gasteiger charge is 2.17. The molecule has 1 aromatic heterocycles. The number of urea groups is 1. The summed E-state index contributed by atoms with van der Waals surface area (Å²) in [5.74, 6) is 0.478. The highest BCUT2D eigenvalue weighted by molar-refractivity contribution is 5.74. The molecular weight excluding hydrogens is 306 g/mol. The molecule has 0 fully saturated rings. The van der Waals surface area contributed by atoms with E-state index in [1.54, 1.807) is 30.3 Å². The van der Waals surface area contributed by atoms with E-state index >= 15 is 0 Å². The monoisotopic (exact) mass is 327 g/mol. The molecule has 0 aliphatic rings. The molecule has 3 atom stereocenters. The molecule has 0 saturated heterocycles. The van der Waals surface area contributed by atoms with Crippen molar-refractivity contribution in [1.82, 2.24) is 10.6 Å². The highest BCUT2D eigenvalue weighted by atomic mass is 16.4. The molecule has 0 unspecified atom stereocenters. The second-order valence-electron chi connectivity index (χ2n) is 5.74. The number of furan rings is 1. The second-order valence-corrected chi connectivity index (χ2v) is 5.74. The van der Waals surface area contributed by atoms with E-state index in [0.29, 0.717) is 17.7 Å². The maximum absolute atomic E-state index is 12.1. The van der Waals surface area contributed by atoms with Crippen molar-refractivity contribution in [1.29, 1.82) is 5.26 Å². The van der Waals surface area contributed by atoms with Crippen molar-refractivity contribution in [2.24, 2.45) is 0 Å². The smallest absolute Gasteiger partial charge is 0.315 e. The van der Waals surface area contributed by atoms with E-state index in [-0.39, 0.29) is 18.1 Å². The number of nitriles is 1. The van der Waals surface area contributed by atoms with Crippen molar-refractivity contribution in [3.8, 4) is 6.07 Å². The van der Waals surface area contributed by atoms with Gasteiger partial charge in [0.1, 0.15) is 11.9 Å². The maximum Gasteiger partial charge on any atom is 0.315 e. The minimum Gasteiger partial charge on any atom is -0.467 e. The summed E-state index contributed by atoms with van der Waals surface area (Å²) in [6.45, 7) is 3.66. The third kappa shape index (κ3) is 4.86. The zero-order valence-electron chi connectivity index (χ0n) is 13.7. The molecule has 24 heavy (non-hydrogen) atoms. The van der Waals surface area contributed by atoms with Crippen LogP contribution in [0.25, 0.3) is 0 Å². The molecule has 0 aliphatic heterocycles. The highest BCUT2D eigenvalue weighted by Crippen LogP contribution is 2.18. The Morgan fingerprint density at radius 1 is 1.29 bits per heavy atom. The van der Waals surface area contributed by atoms with Crippen molar-refractivity contribution in [2.75, 3.05) is 0 Å². The van der Waals surface area contributed by atoms with Gasteiger partial charge in [-0.25, -0.2) is 4.79 Å². The Balaban J connectivity index is 1.84. The topological polar surface area (TPSA) is 98.3 Å². The number of aliphatic hydroxyl groups is 1. The molecule has 1 heterocycles. The van der Waals surface area contributed by atoms with Crippen molar-refractivity contribution < 1.29 is 14.3 Å². The number of aliphatic hydroxyl groups excluding tert-OH is 1. The molecule has 0 aliphatic carbocycles. The Morgan fingerprint density at radius 2 is 2.08 bits per heavy atom. The minimum atomic E-state index is -0.764. The Morgan fingerprint density at radius 3 is 2.75 bits per heavy atom. The third-order valence-electron chi connectivity index (χ3n) is 3.69. The number of hydrogen-bond acceptors (Lipinski definition) is 4. The molecule has 126 valence electrons. The summed E-state index contributed by atoms with van der Waals surface area (Å²) in [6.07, 6.45) is 1.08. The Bertz CT molecular complexity index is 707. The van der Waals surface area contributed by atoms with Crippen LogP contribution in [0.4, 0.5) is 4.79 Å². The van der Waals surface area contributed by atoms with Gasteiger partial charge in [0.2, 0.25) is 0 Å². The first-order chi connectivity index (χ1) is 11.5. The van der Waals surface area contributed by atoms with Crippen molar-refractivity contribution in [3.05, 3.63) is 59.5 Å². The van der Waals surface area contributed by atoms with Gasteiger partial charge in [0.15, 0.2) is 0 Å². The van der Waals surface area contributed by atoms with Gasteiger partial charge in [-0.15, -0.1) is 0 Å². The number of carbonyl (C=O) groups excluding carboxylic acids is 1. The van der Waals surface area contributed by atoms with Gasteiger partial charge < -0.3 is 20.2 Å². The van der Waals surface area contributed by atoms with E-state index in [2.05, 4.69) is 16.7 Å². The molecule has 0 saturated carbocycles. The Kier molecular flexibility index (Phi) is 5.99. The van der Waals surface area contributed by atoms with Gasteiger partial charge in [-0.2, -0.15) is 5.26 Å². The van der Waals surface area contributed by atoms with Crippen molar-refractivity contribution in [2.45, 2.75) is 38.5 Å². The van der Waals surface area contributed by atoms with Crippen LogP contribution in [0, 0.1) is 11.3 Å². The van der Waals surface area contributed by atoms with Crippen LogP contribution in [0.5, 0.6) is 0 Å². The van der Waals surface area contributed by atoms with Gasteiger partial charge in [0.05, 0.1) is 23.9 Å². The van der Waals surface area contributed by atoms with Crippen LogP contribution < -0.4 is 10.6 Å². The number of benzene rings is 1. The van der Waals surface area contributed by atoms with Gasteiger partial charge in [-0.1, -0.05) is 12.1 Å². The van der Waals surface area contributed by atoms with Gasteiger partial charge in [0, 0.05) is 12.5 Å². The van der Waals surface area contributed by atoms with E-state index in [1.807, 2.05) is 19.9 Å². The number of carbonyl (C=O) groups is 1. The summed E-state index contributed by atoms with van der Waals surface area (Å²) in [4.78, 5) is 12.1. The Hall–Kier alpha value is -2.78. The van der Waals surface area contributed by atoms with Crippen molar-refractivity contribution >= 4 is 6.03 Å². The number of nitrogens with zero attached hydrogens (tertiary/aromatic N) is 1. The van der Waals surface area contributed by atoms with E-state index in [0.717, 1.165) is 5.56 Å². The minimum absolute atomic E-state index is 0.234. The number of amides is 2. The lowest BCUT2D eigenvalue weighted by molar-refractivity contribution is 0.129. The number of hydrogen-bond donors (Lipinski definition) is 3. The summed E-state index contributed by atoms with van der Waals surface area (Å²) in [7, 11) is 0. The van der Waals surface area contributed by atoms with Crippen LogP contribution in [0.15, 0.2) is 47.1 Å². The summed E-state index contributed by atoms with van der Waals surface area (Å²) in [6, 6.07) is 11.8. The molecule has 6 heteroatoms. The number of rotatable bonds is 6. The lowest BCUT2D eigenvalue weighted by Crippen LogP contribution is -2.42. The average molecular weight is 327 g/mol. The normalized spacial score (nSPS) is 14.2.